The van der Waals surface area contributed by atoms with Gasteiger partial charge in [-0.25, -0.2) is 24.2 Å². The highest BCUT2D eigenvalue weighted by Crippen LogP contribution is 2.35. The first-order chi connectivity index (χ1) is 18.2. The van der Waals surface area contributed by atoms with Crippen molar-refractivity contribution >= 4 is 52.0 Å². The minimum atomic E-state index is -5.04. The van der Waals surface area contributed by atoms with E-state index in [0.717, 1.165) is 18.0 Å². The number of carbonyl (C=O) groups excluding carboxylic acids is 3. The van der Waals surface area contributed by atoms with Gasteiger partial charge in [0, 0.05) is 19.5 Å². The van der Waals surface area contributed by atoms with Crippen molar-refractivity contribution in [3.05, 3.63) is 55.6 Å². The highest BCUT2D eigenvalue weighted by atomic mass is 35.5. The average molecular weight is 596 g/mol. The Balaban J connectivity index is 2.15. The second-order valence-corrected chi connectivity index (χ2v) is 9.34. The van der Waals surface area contributed by atoms with Gasteiger partial charge in [0.15, 0.2) is 5.17 Å². The summed E-state index contributed by atoms with van der Waals surface area (Å²) in [5.74, 6) is -3.77. The first-order valence-electron chi connectivity index (χ1n) is 10.7. The third-order valence-electron chi connectivity index (χ3n) is 5.19. The van der Waals surface area contributed by atoms with Crippen LogP contribution in [0.3, 0.4) is 0 Å². The highest BCUT2D eigenvalue weighted by molar-refractivity contribution is 8.15. The van der Waals surface area contributed by atoms with Gasteiger partial charge in [0.25, 0.3) is 5.56 Å². The molecule has 1 aliphatic heterocycles. The summed E-state index contributed by atoms with van der Waals surface area (Å²) in [6, 6.07) is 1.56. The fourth-order valence-corrected chi connectivity index (χ4v) is 4.77. The zero-order valence-corrected chi connectivity index (χ0v) is 21.5. The summed E-state index contributed by atoms with van der Waals surface area (Å²) in [5, 5.41) is 7.04. The molecule has 0 bridgehead atoms. The van der Waals surface area contributed by atoms with E-state index in [0.29, 0.717) is 17.8 Å². The SMILES string of the molecule is CCOC(=O)CN1C(=O)C(CC(=O)NO)S/C1=N\c1cc(-n2c(=O)cc(C(F)(F)F)n(C)c2=O)c(F)cc1Cl. The molecule has 0 saturated carbocycles. The molecular formula is C21H18ClF4N5O7S. The van der Waals surface area contributed by atoms with Crippen molar-refractivity contribution in [3.8, 4) is 5.69 Å². The zero-order chi connectivity index (χ0) is 29.2. The molecule has 39 heavy (non-hydrogen) atoms. The normalized spacial score (nSPS) is 16.6. The molecule has 0 aliphatic carbocycles. The van der Waals surface area contributed by atoms with Gasteiger partial charge in [0.2, 0.25) is 11.8 Å². The number of amidine groups is 1. The van der Waals surface area contributed by atoms with Crippen molar-refractivity contribution in [2.75, 3.05) is 13.2 Å². The van der Waals surface area contributed by atoms with E-state index in [1.54, 1.807) is 0 Å². The summed E-state index contributed by atoms with van der Waals surface area (Å²) in [4.78, 5) is 66.6. The highest BCUT2D eigenvalue weighted by Gasteiger charge is 2.40. The van der Waals surface area contributed by atoms with Gasteiger partial charge in [-0.15, -0.1) is 0 Å². The monoisotopic (exact) mass is 595 g/mol. The van der Waals surface area contributed by atoms with Crippen LogP contribution in [0.5, 0.6) is 0 Å². The number of aliphatic imine (C=N–C) groups is 1. The topological polar surface area (TPSA) is 152 Å². The number of amides is 2. The van der Waals surface area contributed by atoms with E-state index in [2.05, 4.69) is 4.99 Å². The number of rotatable bonds is 7. The summed E-state index contributed by atoms with van der Waals surface area (Å²) < 4.78 is 59.5. The number of carbonyl (C=O) groups is 3. The molecule has 1 unspecified atom stereocenters. The minimum Gasteiger partial charge on any atom is -0.465 e. The standard InChI is InChI=1S/C21H18ClF4N5O7S/c1-3-38-17(34)8-30-18(35)13(6-15(32)28-37)39-19(30)27-11-5-12(10(23)4-9(11)22)31-16(33)7-14(21(24,25)26)29(2)20(31)36/h4-5,7,13,37H,3,6,8H2,1-2H3,(H,28,32)/b27-19-. The van der Waals surface area contributed by atoms with Crippen molar-refractivity contribution in [1.82, 2.24) is 19.5 Å². The fourth-order valence-electron chi connectivity index (χ4n) is 3.43. The fraction of sp³-hybridized carbons (Fsp3) is 0.333. The minimum absolute atomic E-state index is 0.0131. The van der Waals surface area contributed by atoms with Gasteiger partial charge in [-0.05, 0) is 19.1 Å². The molecule has 1 fully saturated rings. The third-order valence-corrected chi connectivity index (χ3v) is 6.67. The van der Waals surface area contributed by atoms with Crippen LogP contribution in [0.15, 0.2) is 32.8 Å². The number of halogens is 5. The Morgan fingerprint density at radius 2 is 1.90 bits per heavy atom. The number of nitrogens with one attached hydrogen (secondary N) is 1. The van der Waals surface area contributed by atoms with Crippen molar-refractivity contribution in [2.24, 2.45) is 12.0 Å². The van der Waals surface area contributed by atoms with Gasteiger partial charge in [-0.1, -0.05) is 23.4 Å². The lowest BCUT2D eigenvalue weighted by Gasteiger charge is -2.16. The van der Waals surface area contributed by atoms with Crippen LogP contribution in [-0.4, -0.2) is 60.6 Å². The summed E-state index contributed by atoms with van der Waals surface area (Å²) in [6.45, 7) is 0.871. The number of benzene rings is 1. The van der Waals surface area contributed by atoms with Crippen LogP contribution >= 0.6 is 23.4 Å². The average Bonchev–Trinajstić information content (AvgIpc) is 3.12. The molecule has 1 saturated heterocycles. The lowest BCUT2D eigenvalue weighted by molar-refractivity contribution is -0.146. The molecule has 1 aromatic carbocycles. The Labute approximate surface area is 224 Å². The van der Waals surface area contributed by atoms with E-state index in [9.17, 15) is 41.5 Å². The van der Waals surface area contributed by atoms with Crippen LogP contribution in [0.1, 0.15) is 19.0 Å². The number of hydroxylamine groups is 1. The number of aromatic nitrogens is 2. The van der Waals surface area contributed by atoms with Crippen LogP contribution in [0.4, 0.5) is 23.2 Å². The maximum Gasteiger partial charge on any atom is 0.431 e. The molecule has 1 aromatic heterocycles. The van der Waals surface area contributed by atoms with Crippen LogP contribution in [0.25, 0.3) is 5.69 Å². The van der Waals surface area contributed by atoms with Gasteiger partial charge in [0.05, 0.1) is 23.0 Å². The van der Waals surface area contributed by atoms with Crippen LogP contribution in [0, 0.1) is 5.82 Å². The van der Waals surface area contributed by atoms with Gasteiger partial charge in [-0.2, -0.15) is 13.2 Å². The molecule has 0 spiro atoms. The summed E-state index contributed by atoms with van der Waals surface area (Å²) in [7, 11) is 0.743. The lowest BCUT2D eigenvalue weighted by atomic mass is 10.2. The molecule has 1 atom stereocenters. The molecule has 2 aromatic rings. The predicted octanol–water partition coefficient (Wildman–Crippen LogP) is 1.74. The van der Waals surface area contributed by atoms with Gasteiger partial charge < -0.3 is 4.74 Å². The molecule has 210 valence electrons. The lowest BCUT2D eigenvalue weighted by Crippen LogP contribution is -2.41. The van der Waals surface area contributed by atoms with Gasteiger partial charge in [0.1, 0.15) is 23.3 Å². The summed E-state index contributed by atoms with van der Waals surface area (Å²) in [5.41, 5.74) is -4.32. The van der Waals surface area contributed by atoms with Gasteiger partial charge in [-0.3, -0.25) is 33.9 Å². The van der Waals surface area contributed by atoms with Crippen LogP contribution in [-0.2, 0) is 32.3 Å². The Morgan fingerprint density at radius 3 is 2.49 bits per heavy atom. The smallest absolute Gasteiger partial charge is 0.431 e. The molecule has 3 rings (SSSR count). The van der Waals surface area contributed by atoms with Crippen molar-refractivity contribution in [1.29, 1.82) is 0 Å². The van der Waals surface area contributed by atoms with Crippen LogP contribution in [0.2, 0.25) is 5.02 Å². The Bertz CT molecular complexity index is 1490. The molecule has 0 radical (unpaired) electrons. The van der Waals surface area contributed by atoms with E-state index in [1.807, 2.05) is 0 Å². The number of thioether (sulfide) groups is 1. The Kier molecular flexibility index (Phi) is 8.87. The zero-order valence-electron chi connectivity index (χ0n) is 19.9. The number of hydrogen-bond donors (Lipinski definition) is 2. The van der Waals surface area contributed by atoms with E-state index >= 15 is 0 Å². The Hall–Kier alpha value is -3.70. The molecule has 1 aliphatic rings. The molecule has 2 amide bonds. The predicted molar refractivity (Wildman–Crippen MR) is 129 cm³/mol. The van der Waals surface area contributed by atoms with E-state index < -0.39 is 70.6 Å². The van der Waals surface area contributed by atoms with E-state index in [1.165, 1.54) is 12.4 Å². The molecule has 2 N–H and O–H groups in total. The first kappa shape index (κ1) is 29.9. The second kappa shape index (κ2) is 11.6. The number of alkyl halides is 3. The number of esters is 1. The van der Waals surface area contributed by atoms with Gasteiger partial charge >= 0.3 is 17.8 Å². The number of nitrogens with zero attached hydrogens (tertiary/aromatic N) is 4. The van der Waals surface area contributed by atoms with Crippen molar-refractivity contribution < 1.29 is 41.9 Å². The number of ether oxygens (including phenoxy) is 1. The van der Waals surface area contributed by atoms with E-state index in [4.69, 9.17) is 21.5 Å². The number of hydrogen-bond acceptors (Lipinski definition) is 9. The molecular weight excluding hydrogens is 578 g/mol. The second-order valence-electron chi connectivity index (χ2n) is 7.77. The molecule has 18 heteroatoms. The largest absolute Gasteiger partial charge is 0.465 e. The quantitative estimate of drug-likeness (QED) is 0.213. The maximum absolute atomic E-state index is 14.8. The summed E-state index contributed by atoms with van der Waals surface area (Å²) >= 11 is 6.77. The molecule has 2 heterocycles. The third kappa shape index (κ3) is 6.31. The maximum atomic E-state index is 14.8. The summed E-state index contributed by atoms with van der Waals surface area (Å²) in [6.07, 6.45) is -5.56. The van der Waals surface area contributed by atoms with Crippen LogP contribution < -0.4 is 16.7 Å². The van der Waals surface area contributed by atoms with E-state index in [-0.39, 0.29) is 37.7 Å². The first-order valence-corrected chi connectivity index (χ1v) is 12.0. The van der Waals surface area contributed by atoms with Crippen molar-refractivity contribution in [2.45, 2.75) is 24.8 Å². The Morgan fingerprint density at radius 1 is 1.23 bits per heavy atom. The van der Waals surface area contributed by atoms with Crippen molar-refractivity contribution in [3.63, 3.8) is 0 Å². The molecule has 12 nitrogen and oxygen atoms in total.